The Labute approximate surface area is 142 Å². The Kier molecular flexibility index (Phi) is 4.55. The molecule has 0 aliphatic heterocycles. The minimum absolute atomic E-state index is 0.000952. The van der Waals surface area contributed by atoms with Crippen LogP contribution in [0.3, 0.4) is 0 Å². The highest BCUT2D eigenvalue weighted by molar-refractivity contribution is 6.31. The second kappa shape index (κ2) is 6.46. The van der Waals surface area contributed by atoms with Gasteiger partial charge in [-0.15, -0.1) is 0 Å². The van der Waals surface area contributed by atoms with Crippen LogP contribution in [0.1, 0.15) is 28.8 Å². The van der Waals surface area contributed by atoms with Gasteiger partial charge in [0, 0.05) is 21.7 Å². The smallest absolute Gasteiger partial charge is 0.257 e. The minimum atomic E-state index is -0.648. The van der Waals surface area contributed by atoms with E-state index in [2.05, 4.69) is 0 Å². The molecule has 1 amide bonds. The lowest BCUT2D eigenvalue weighted by atomic mass is 10.1. The van der Waals surface area contributed by atoms with Gasteiger partial charge in [-0.3, -0.25) is 4.79 Å². The number of nitrogens with zero attached hydrogens (tertiary/aromatic N) is 1. The Balaban J connectivity index is 1.93. The van der Waals surface area contributed by atoms with E-state index < -0.39 is 17.5 Å². The molecule has 3 rings (SSSR count). The van der Waals surface area contributed by atoms with Gasteiger partial charge < -0.3 is 4.90 Å². The molecule has 1 aliphatic rings. The van der Waals surface area contributed by atoms with Crippen molar-refractivity contribution in [2.75, 3.05) is 0 Å². The zero-order chi connectivity index (χ0) is 16.6. The molecule has 0 unspecified atom stereocenters. The molecule has 0 N–H and O–H groups in total. The van der Waals surface area contributed by atoms with Gasteiger partial charge in [-0.25, -0.2) is 8.78 Å². The standard InChI is InChI=1S/C17H13Cl2F2NO/c18-10-4-7-16(21)12(8-10)17(23)22(11-5-6-11)9-13-14(19)2-1-3-15(13)20/h1-4,7-8,11H,5-6,9H2. The van der Waals surface area contributed by atoms with Crippen LogP contribution in [0.2, 0.25) is 10.0 Å². The lowest BCUT2D eigenvalue weighted by Crippen LogP contribution is -2.33. The van der Waals surface area contributed by atoms with Crippen molar-refractivity contribution < 1.29 is 13.6 Å². The summed E-state index contributed by atoms with van der Waals surface area (Å²) < 4.78 is 27.9. The van der Waals surface area contributed by atoms with Crippen LogP contribution >= 0.6 is 23.2 Å². The van der Waals surface area contributed by atoms with Crippen LogP contribution in [-0.4, -0.2) is 16.8 Å². The summed E-state index contributed by atoms with van der Waals surface area (Å²) in [5, 5.41) is 0.518. The van der Waals surface area contributed by atoms with Crippen molar-refractivity contribution in [3.05, 3.63) is 69.2 Å². The molecular weight excluding hydrogens is 343 g/mol. The van der Waals surface area contributed by atoms with Crippen LogP contribution in [0.25, 0.3) is 0 Å². The summed E-state index contributed by atoms with van der Waals surface area (Å²) in [4.78, 5) is 14.1. The Bertz CT molecular complexity index is 742. The average molecular weight is 356 g/mol. The van der Waals surface area contributed by atoms with Gasteiger partial charge in [0.2, 0.25) is 0 Å². The van der Waals surface area contributed by atoms with Gasteiger partial charge in [0.15, 0.2) is 0 Å². The summed E-state index contributed by atoms with van der Waals surface area (Å²) in [5.74, 6) is -1.64. The fourth-order valence-electron chi connectivity index (χ4n) is 2.42. The molecule has 1 aliphatic carbocycles. The maximum atomic E-state index is 14.0. The number of halogens is 4. The second-order valence-electron chi connectivity index (χ2n) is 5.49. The number of hydrogen-bond acceptors (Lipinski definition) is 1. The molecule has 0 radical (unpaired) electrons. The molecule has 0 saturated heterocycles. The first-order chi connectivity index (χ1) is 11.0. The van der Waals surface area contributed by atoms with E-state index in [0.717, 1.165) is 18.9 Å². The lowest BCUT2D eigenvalue weighted by molar-refractivity contribution is 0.0723. The highest BCUT2D eigenvalue weighted by Gasteiger charge is 2.35. The third kappa shape index (κ3) is 3.48. The summed E-state index contributed by atoms with van der Waals surface area (Å²) in [6, 6.07) is 8.14. The minimum Gasteiger partial charge on any atom is -0.331 e. The molecule has 2 aromatic carbocycles. The van der Waals surface area contributed by atoms with Crippen molar-refractivity contribution in [3.63, 3.8) is 0 Å². The quantitative estimate of drug-likeness (QED) is 0.749. The van der Waals surface area contributed by atoms with E-state index in [0.29, 0.717) is 0 Å². The summed E-state index contributed by atoms with van der Waals surface area (Å²) in [6.07, 6.45) is 1.61. The predicted molar refractivity (Wildman–Crippen MR) is 85.7 cm³/mol. The van der Waals surface area contributed by atoms with Crippen molar-refractivity contribution >= 4 is 29.1 Å². The van der Waals surface area contributed by atoms with Crippen LogP contribution in [0.15, 0.2) is 36.4 Å². The van der Waals surface area contributed by atoms with Gasteiger partial charge in [0.05, 0.1) is 12.1 Å². The fourth-order valence-corrected chi connectivity index (χ4v) is 2.82. The summed E-state index contributed by atoms with van der Waals surface area (Å²) >= 11 is 11.9. The van der Waals surface area contributed by atoms with Crippen LogP contribution in [0.4, 0.5) is 8.78 Å². The van der Waals surface area contributed by atoms with E-state index in [4.69, 9.17) is 23.2 Å². The molecule has 0 spiro atoms. The lowest BCUT2D eigenvalue weighted by Gasteiger charge is -2.23. The Morgan fingerprint density at radius 3 is 2.52 bits per heavy atom. The number of hydrogen-bond donors (Lipinski definition) is 0. The van der Waals surface area contributed by atoms with E-state index >= 15 is 0 Å². The van der Waals surface area contributed by atoms with Gasteiger partial charge in [-0.05, 0) is 43.2 Å². The Morgan fingerprint density at radius 1 is 1.13 bits per heavy atom. The van der Waals surface area contributed by atoms with Crippen LogP contribution < -0.4 is 0 Å². The first-order valence-corrected chi connectivity index (χ1v) is 7.92. The molecule has 0 bridgehead atoms. The van der Waals surface area contributed by atoms with Crippen molar-refractivity contribution in [2.45, 2.75) is 25.4 Å². The molecule has 23 heavy (non-hydrogen) atoms. The Morgan fingerprint density at radius 2 is 1.87 bits per heavy atom. The average Bonchev–Trinajstić information content (AvgIpc) is 3.33. The second-order valence-corrected chi connectivity index (χ2v) is 6.33. The van der Waals surface area contributed by atoms with E-state index in [-0.39, 0.29) is 33.8 Å². The van der Waals surface area contributed by atoms with E-state index in [1.165, 1.54) is 29.2 Å². The molecular formula is C17H13Cl2F2NO. The molecule has 0 aromatic heterocycles. The maximum Gasteiger partial charge on any atom is 0.257 e. The topological polar surface area (TPSA) is 20.3 Å². The van der Waals surface area contributed by atoms with Crippen molar-refractivity contribution in [2.24, 2.45) is 0 Å². The summed E-state index contributed by atoms with van der Waals surface area (Å²) in [6.45, 7) is 0.000952. The zero-order valence-electron chi connectivity index (χ0n) is 12.0. The van der Waals surface area contributed by atoms with Gasteiger partial charge in [-0.1, -0.05) is 29.3 Å². The van der Waals surface area contributed by atoms with E-state index in [1.54, 1.807) is 6.07 Å². The molecule has 2 aromatic rings. The van der Waals surface area contributed by atoms with Crippen LogP contribution in [-0.2, 0) is 6.54 Å². The molecule has 120 valence electrons. The first-order valence-electron chi connectivity index (χ1n) is 7.16. The predicted octanol–water partition coefficient (Wildman–Crippen LogP) is 5.08. The van der Waals surface area contributed by atoms with Crippen molar-refractivity contribution in [1.82, 2.24) is 4.90 Å². The zero-order valence-corrected chi connectivity index (χ0v) is 13.5. The number of carbonyl (C=O) groups is 1. The maximum absolute atomic E-state index is 14.0. The number of carbonyl (C=O) groups excluding carboxylic acids is 1. The molecule has 6 heteroatoms. The molecule has 1 saturated carbocycles. The molecule has 2 nitrogen and oxygen atoms in total. The third-order valence-corrected chi connectivity index (χ3v) is 4.39. The van der Waals surface area contributed by atoms with Gasteiger partial charge >= 0.3 is 0 Å². The van der Waals surface area contributed by atoms with E-state index in [1.807, 2.05) is 0 Å². The summed E-state index contributed by atoms with van der Waals surface area (Å²) in [5.41, 5.74) is 0.119. The van der Waals surface area contributed by atoms with Crippen LogP contribution in [0, 0.1) is 11.6 Å². The SMILES string of the molecule is O=C(c1cc(Cl)ccc1F)N(Cc1c(F)cccc1Cl)C1CC1. The number of rotatable bonds is 4. The van der Waals surface area contributed by atoms with E-state index in [9.17, 15) is 13.6 Å². The molecule has 0 atom stereocenters. The Hall–Kier alpha value is -1.65. The van der Waals surface area contributed by atoms with Gasteiger partial charge in [-0.2, -0.15) is 0 Å². The van der Waals surface area contributed by atoms with Crippen LogP contribution in [0.5, 0.6) is 0 Å². The highest BCUT2D eigenvalue weighted by Crippen LogP contribution is 2.32. The highest BCUT2D eigenvalue weighted by atomic mass is 35.5. The molecule has 1 fully saturated rings. The van der Waals surface area contributed by atoms with Crippen molar-refractivity contribution in [3.8, 4) is 0 Å². The monoisotopic (exact) mass is 355 g/mol. The fraction of sp³-hybridized carbons (Fsp3) is 0.235. The van der Waals surface area contributed by atoms with Crippen molar-refractivity contribution in [1.29, 1.82) is 0 Å². The summed E-state index contributed by atoms with van der Waals surface area (Å²) in [7, 11) is 0. The third-order valence-electron chi connectivity index (χ3n) is 3.80. The first kappa shape index (κ1) is 16.2. The normalized spacial score (nSPS) is 13.9. The van der Waals surface area contributed by atoms with Gasteiger partial charge in [0.1, 0.15) is 11.6 Å². The molecule has 0 heterocycles. The van der Waals surface area contributed by atoms with Gasteiger partial charge in [0.25, 0.3) is 5.91 Å². The number of amides is 1. The number of benzene rings is 2. The largest absolute Gasteiger partial charge is 0.331 e.